The maximum absolute atomic E-state index is 10.8. The minimum Gasteiger partial charge on any atom is -0.465 e. The molecular weight excluding hydrogens is 190 g/mol. The van der Waals surface area contributed by atoms with Gasteiger partial charge in [-0.05, 0) is 12.8 Å². The lowest BCUT2D eigenvalue weighted by Gasteiger charge is -2.26. The van der Waals surface area contributed by atoms with Crippen LogP contribution in [0.5, 0.6) is 0 Å². The van der Waals surface area contributed by atoms with Gasteiger partial charge in [0.25, 0.3) is 0 Å². The van der Waals surface area contributed by atoms with Crippen molar-refractivity contribution in [1.29, 1.82) is 0 Å². The minimum atomic E-state index is -0.887. The van der Waals surface area contributed by atoms with E-state index in [0.717, 1.165) is 25.7 Å². The van der Waals surface area contributed by atoms with Gasteiger partial charge in [0, 0.05) is 6.04 Å². The minimum absolute atomic E-state index is 0.0972. The zero-order valence-electron chi connectivity index (χ0n) is 7.71. The lowest BCUT2D eigenvalue weighted by Crippen LogP contribution is -2.38. The largest absolute Gasteiger partial charge is 0.465 e. The van der Waals surface area contributed by atoms with Crippen LogP contribution in [0.4, 0.5) is 4.79 Å². The second kappa shape index (κ2) is 5.32. The van der Waals surface area contributed by atoms with E-state index in [1.807, 2.05) is 0 Å². The van der Waals surface area contributed by atoms with Crippen LogP contribution in [0, 0.1) is 0 Å². The fourth-order valence-electron chi connectivity index (χ4n) is 1.87. The average Bonchev–Trinajstić information content (AvgIpc) is 2.33. The van der Waals surface area contributed by atoms with E-state index in [4.69, 9.17) is 16.7 Å². The summed E-state index contributed by atoms with van der Waals surface area (Å²) < 4.78 is 0. The second-order valence-electron chi connectivity index (χ2n) is 3.52. The lowest BCUT2D eigenvalue weighted by molar-refractivity contribution is 0.129. The van der Waals surface area contributed by atoms with Crippen molar-refractivity contribution in [3.8, 4) is 0 Å². The number of hydrogen-bond donors (Lipinski definition) is 1. The number of amides is 1. The maximum atomic E-state index is 10.8. The standard InChI is InChI=1S/C9H16ClNO2/c10-7-11(9(12)13)8-5-3-1-2-4-6-8/h8H,1-7H2,(H,12,13). The van der Waals surface area contributed by atoms with Crippen LogP contribution in [-0.4, -0.2) is 28.1 Å². The summed E-state index contributed by atoms with van der Waals surface area (Å²) in [6.07, 6.45) is 5.77. The summed E-state index contributed by atoms with van der Waals surface area (Å²) in [5.41, 5.74) is 0. The highest BCUT2D eigenvalue weighted by Gasteiger charge is 2.22. The second-order valence-corrected chi connectivity index (χ2v) is 3.76. The molecule has 0 spiro atoms. The first-order valence-electron chi connectivity index (χ1n) is 4.81. The van der Waals surface area contributed by atoms with Crippen molar-refractivity contribution in [2.45, 2.75) is 44.6 Å². The quantitative estimate of drug-likeness (QED) is 0.428. The third kappa shape index (κ3) is 3.07. The van der Waals surface area contributed by atoms with E-state index in [1.165, 1.54) is 17.7 Å². The SMILES string of the molecule is O=C(O)N(CCl)C1CCCCCC1. The molecule has 0 aromatic heterocycles. The van der Waals surface area contributed by atoms with Crippen molar-refractivity contribution < 1.29 is 9.90 Å². The number of halogens is 1. The highest BCUT2D eigenvalue weighted by atomic mass is 35.5. The van der Waals surface area contributed by atoms with Gasteiger partial charge in [0.15, 0.2) is 0 Å². The Morgan fingerprint density at radius 1 is 1.31 bits per heavy atom. The van der Waals surface area contributed by atoms with Gasteiger partial charge in [0.1, 0.15) is 0 Å². The molecule has 0 saturated heterocycles. The molecule has 0 unspecified atom stereocenters. The van der Waals surface area contributed by atoms with Gasteiger partial charge >= 0.3 is 6.09 Å². The molecule has 76 valence electrons. The first-order chi connectivity index (χ1) is 6.25. The molecule has 1 saturated carbocycles. The molecule has 0 aliphatic heterocycles. The van der Waals surface area contributed by atoms with Gasteiger partial charge in [-0.25, -0.2) is 4.79 Å². The summed E-state index contributed by atoms with van der Waals surface area (Å²) in [4.78, 5) is 12.1. The molecule has 0 aromatic rings. The summed E-state index contributed by atoms with van der Waals surface area (Å²) in [7, 11) is 0. The van der Waals surface area contributed by atoms with Crippen LogP contribution < -0.4 is 0 Å². The van der Waals surface area contributed by atoms with Gasteiger partial charge in [-0.3, -0.25) is 4.90 Å². The van der Waals surface area contributed by atoms with E-state index >= 15 is 0 Å². The van der Waals surface area contributed by atoms with Crippen LogP contribution in [0.15, 0.2) is 0 Å². The molecule has 0 atom stereocenters. The van der Waals surface area contributed by atoms with Gasteiger partial charge in [-0.2, -0.15) is 0 Å². The number of nitrogens with zero attached hydrogens (tertiary/aromatic N) is 1. The Morgan fingerprint density at radius 3 is 2.23 bits per heavy atom. The number of rotatable bonds is 2. The van der Waals surface area contributed by atoms with Gasteiger partial charge in [0.05, 0.1) is 6.00 Å². The summed E-state index contributed by atoms with van der Waals surface area (Å²) in [5.74, 6) is 0. The molecule has 4 heteroatoms. The molecule has 0 bridgehead atoms. The highest BCUT2D eigenvalue weighted by Crippen LogP contribution is 2.22. The van der Waals surface area contributed by atoms with Gasteiger partial charge < -0.3 is 5.11 Å². The first-order valence-corrected chi connectivity index (χ1v) is 5.34. The Hall–Kier alpha value is -0.440. The molecule has 0 heterocycles. The van der Waals surface area contributed by atoms with Crippen LogP contribution in [0.25, 0.3) is 0 Å². The molecular formula is C9H16ClNO2. The summed E-state index contributed by atoms with van der Waals surface area (Å²) in [6, 6.07) is 0.248. The monoisotopic (exact) mass is 205 g/mol. The number of alkyl halides is 1. The third-order valence-corrected chi connectivity index (χ3v) is 2.90. The van der Waals surface area contributed by atoms with Crippen LogP contribution >= 0.6 is 11.6 Å². The van der Waals surface area contributed by atoms with E-state index in [0.29, 0.717) is 0 Å². The molecule has 1 rings (SSSR count). The van der Waals surface area contributed by atoms with Crippen LogP contribution in [0.1, 0.15) is 38.5 Å². The highest BCUT2D eigenvalue weighted by molar-refractivity contribution is 6.18. The third-order valence-electron chi connectivity index (χ3n) is 2.64. The summed E-state index contributed by atoms with van der Waals surface area (Å²) in [6.45, 7) is 0. The molecule has 1 N–H and O–H groups in total. The normalized spacial score (nSPS) is 19.5. The fraction of sp³-hybridized carbons (Fsp3) is 0.889. The van der Waals surface area contributed by atoms with Crippen molar-refractivity contribution in [3.63, 3.8) is 0 Å². The number of carboxylic acid groups (broad SMARTS) is 1. The van der Waals surface area contributed by atoms with E-state index in [-0.39, 0.29) is 12.0 Å². The van der Waals surface area contributed by atoms with Gasteiger partial charge in [-0.1, -0.05) is 25.7 Å². The van der Waals surface area contributed by atoms with E-state index in [9.17, 15) is 4.79 Å². The average molecular weight is 206 g/mol. The Balaban J connectivity index is 2.50. The predicted octanol–water partition coefficient (Wildman–Crippen LogP) is 2.89. The van der Waals surface area contributed by atoms with E-state index in [2.05, 4.69) is 0 Å². The van der Waals surface area contributed by atoms with Crippen molar-refractivity contribution in [1.82, 2.24) is 4.90 Å². The Bertz CT molecular complexity index is 167. The molecule has 1 aliphatic rings. The Labute approximate surface area is 83.7 Å². The fourth-order valence-corrected chi connectivity index (χ4v) is 2.17. The first kappa shape index (κ1) is 10.6. The smallest absolute Gasteiger partial charge is 0.408 e. The van der Waals surface area contributed by atoms with Crippen molar-refractivity contribution in [2.24, 2.45) is 0 Å². The van der Waals surface area contributed by atoms with Crippen molar-refractivity contribution >= 4 is 17.7 Å². The molecule has 3 nitrogen and oxygen atoms in total. The molecule has 13 heavy (non-hydrogen) atoms. The summed E-state index contributed by atoms with van der Waals surface area (Å²) >= 11 is 5.59. The molecule has 1 amide bonds. The van der Waals surface area contributed by atoms with Crippen molar-refractivity contribution in [2.75, 3.05) is 6.00 Å². The van der Waals surface area contributed by atoms with E-state index in [1.54, 1.807) is 0 Å². The Morgan fingerprint density at radius 2 is 1.85 bits per heavy atom. The molecule has 0 aromatic carbocycles. The molecule has 1 fully saturated rings. The van der Waals surface area contributed by atoms with Crippen LogP contribution in [0.3, 0.4) is 0 Å². The van der Waals surface area contributed by atoms with E-state index < -0.39 is 6.09 Å². The van der Waals surface area contributed by atoms with Crippen LogP contribution in [0.2, 0.25) is 0 Å². The lowest BCUT2D eigenvalue weighted by atomic mass is 10.1. The van der Waals surface area contributed by atoms with Gasteiger partial charge in [0.2, 0.25) is 0 Å². The zero-order chi connectivity index (χ0) is 9.68. The maximum Gasteiger partial charge on any atom is 0.408 e. The topological polar surface area (TPSA) is 40.5 Å². The van der Waals surface area contributed by atoms with Crippen molar-refractivity contribution in [3.05, 3.63) is 0 Å². The molecule has 0 radical (unpaired) electrons. The van der Waals surface area contributed by atoms with Crippen LogP contribution in [-0.2, 0) is 0 Å². The summed E-state index contributed by atoms with van der Waals surface area (Å²) in [5, 5.41) is 8.86. The number of carbonyl (C=O) groups is 1. The molecule has 1 aliphatic carbocycles. The Kier molecular flexibility index (Phi) is 4.36. The number of hydrogen-bond acceptors (Lipinski definition) is 1. The predicted molar refractivity (Wildman–Crippen MR) is 52.1 cm³/mol. The zero-order valence-corrected chi connectivity index (χ0v) is 8.46. The van der Waals surface area contributed by atoms with Gasteiger partial charge in [-0.15, -0.1) is 11.6 Å².